The molecule has 0 amide bonds. The topological polar surface area (TPSA) is 17.3 Å². The van der Waals surface area contributed by atoms with Crippen molar-refractivity contribution in [3.63, 3.8) is 0 Å². The molecule has 0 saturated carbocycles. The predicted octanol–water partition coefficient (Wildman–Crippen LogP) is 0.935. The van der Waals surface area contributed by atoms with Crippen molar-refractivity contribution in [2.45, 2.75) is 0 Å². The molecular formula is C7H4N2. The maximum absolute atomic E-state index is 3.95. The van der Waals surface area contributed by atoms with Crippen molar-refractivity contribution in [3.05, 3.63) is 36.7 Å². The minimum absolute atomic E-state index is 1.05. The quantitative estimate of drug-likeness (QED) is 0.500. The number of nitrogens with zero attached hydrogens (tertiary/aromatic N) is 2. The van der Waals surface area contributed by atoms with Gasteiger partial charge in [-0.25, -0.2) is 0 Å². The lowest BCUT2D eigenvalue weighted by atomic mass is 10.4. The summed E-state index contributed by atoms with van der Waals surface area (Å²) < 4.78 is 1.65. The van der Waals surface area contributed by atoms with Crippen LogP contribution in [0.15, 0.2) is 24.4 Å². The van der Waals surface area contributed by atoms with Crippen LogP contribution in [0.3, 0.4) is 0 Å². The maximum Gasteiger partial charge on any atom is 0.0768 e. The second-order valence-corrected chi connectivity index (χ2v) is 1.76. The third-order valence-corrected chi connectivity index (χ3v) is 1.18. The molecule has 0 aliphatic rings. The largest absolute Gasteiger partial charge is 0.189 e. The smallest absolute Gasteiger partial charge is 0.0768 e. The molecule has 42 valence electrons. The first-order valence-corrected chi connectivity index (χ1v) is 2.69. The van der Waals surface area contributed by atoms with Gasteiger partial charge in [-0.3, -0.25) is 0 Å². The zero-order valence-electron chi connectivity index (χ0n) is 4.70. The van der Waals surface area contributed by atoms with Crippen LogP contribution in [0.2, 0.25) is 0 Å². The monoisotopic (exact) mass is 116 g/mol. The van der Waals surface area contributed by atoms with Crippen LogP contribution in [0.1, 0.15) is 0 Å². The molecule has 2 heterocycles. The zero-order chi connectivity index (χ0) is 6.10. The van der Waals surface area contributed by atoms with E-state index in [9.17, 15) is 0 Å². The summed E-state index contributed by atoms with van der Waals surface area (Å²) in [5, 5.41) is 3.95. The van der Waals surface area contributed by atoms with E-state index >= 15 is 0 Å². The van der Waals surface area contributed by atoms with Crippen LogP contribution in [0, 0.1) is 12.3 Å². The third kappa shape index (κ3) is 0.550. The van der Waals surface area contributed by atoms with Gasteiger partial charge in [0.2, 0.25) is 0 Å². The fraction of sp³-hybridized carbons (Fsp3) is 0. The number of fused-ring (bicyclic) bond motifs is 1. The van der Waals surface area contributed by atoms with Crippen LogP contribution in [-0.2, 0) is 0 Å². The van der Waals surface area contributed by atoms with E-state index in [1.165, 1.54) is 0 Å². The molecule has 0 aliphatic carbocycles. The summed E-state index contributed by atoms with van der Waals surface area (Å²) in [6.07, 6.45) is 4.55. The SMILES string of the molecule is c1ccc2ccnn2c#1. The van der Waals surface area contributed by atoms with E-state index in [0.717, 1.165) is 5.52 Å². The van der Waals surface area contributed by atoms with Gasteiger partial charge in [0, 0.05) is 6.20 Å². The highest BCUT2D eigenvalue weighted by Crippen LogP contribution is 1.94. The number of aromatic nitrogens is 2. The first-order valence-electron chi connectivity index (χ1n) is 2.69. The van der Waals surface area contributed by atoms with E-state index in [1.54, 1.807) is 10.7 Å². The molecule has 2 aromatic heterocycles. The molecule has 0 saturated heterocycles. The van der Waals surface area contributed by atoms with Crippen molar-refractivity contribution in [1.29, 1.82) is 0 Å². The average molecular weight is 116 g/mol. The lowest BCUT2D eigenvalue weighted by Crippen LogP contribution is -1.79. The molecule has 0 bridgehead atoms. The Hall–Kier alpha value is -1.49. The summed E-state index contributed by atoms with van der Waals surface area (Å²) in [6, 6.07) is 8.47. The number of hydrogen-bond acceptors (Lipinski definition) is 1. The molecule has 0 radical (unpaired) electrons. The molecule has 0 aliphatic heterocycles. The summed E-state index contributed by atoms with van der Waals surface area (Å²) in [5.74, 6) is 0. The van der Waals surface area contributed by atoms with Gasteiger partial charge in [0.05, 0.1) is 11.7 Å². The van der Waals surface area contributed by atoms with Crippen molar-refractivity contribution < 1.29 is 0 Å². The molecule has 9 heavy (non-hydrogen) atoms. The van der Waals surface area contributed by atoms with Crippen molar-refractivity contribution in [2.24, 2.45) is 0 Å². The van der Waals surface area contributed by atoms with E-state index in [1.807, 2.05) is 18.2 Å². The van der Waals surface area contributed by atoms with Crippen molar-refractivity contribution in [1.82, 2.24) is 9.61 Å². The van der Waals surface area contributed by atoms with Crippen LogP contribution in [0.4, 0.5) is 0 Å². The average Bonchev–Trinajstić information content (AvgIpc) is 2.33. The summed E-state index contributed by atoms with van der Waals surface area (Å²) in [7, 11) is 0. The van der Waals surface area contributed by atoms with Crippen molar-refractivity contribution >= 4 is 5.52 Å². The Morgan fingerprint density at radius 2 is 2.44 bits per heavy atom. The van der Waals surface area contributed by atoms with Crippen LogP contribution in [-0.4, -0.2) is 9.61 Å². The highest BCUT2D eigenvalue weighted by Gasteiger charge is 1.84. The summed E-state index contributed by atoms with van der Waals surface area (Å²) >= 11 is 0. The fourth-order valence-corrected chi connectivity index (χ4v) is 0.759. The van der Waals surface area contributed by atoms with Gasteiger partial charge < -0.3 is 0 Å². The van der Waals surface area contributed by atoms with E-state index in [2.05, 4.69) is 17.4 Å². The first-order chi connectivity index (χ1) is 4.47. The molecule has 2 heteroatoms. The summed E-state index contributed by atoms with van der Waals surface area (Å²) in [4.78, 5) is 0. The Labute approximate surface area is 52.7 Å². The summed E-state index contributed by atoms with van der Waals surface area (Å²) in [6.45, 7) is 0. The highest BCUT2D eigenvalue weighted by atomic mass is 15.2. The Bertz CT molecular complexity index is 281. The molecule has 2 aromatic rings. The van der Waals surface area contributed by atoms with Gasteiger partial charge in [0.25, 0.3) is 0 Å². The number of hydrogen-bond donors (Lipinski definition) is 0. The molecule has 0 N–H and O–H groups in total. The summed E-state index contributed by atoms with van der Waals surface area (Å²) in [5.41, 5.74) is 1.05. The van der Waals surface area contributed by atoms with E-state index in [4.69, 9.17) is 0 Å². The van der Waals surface area contributed by atoms with E-state index in [0.29, 0.717) is 0 Å². The van der Waals surface area contributed by atoms with Gasteiger partial charge in [0.15, 0.2) is 0 Å². The second kappa shape index (κ2) is 1.49. The van der Waals surface area contributed by atoms with Gasteiger partial charge in [-0.2, -0.15) is 9.61 Å². The molecule has 2 rings (SSSR count). The van der Waals surface area contributed by atoms with E-state index < -0.39 is 0 Å². The minimum Gasteiger partial charge on any atom is -0.189 e. The second-order valence-electron chi connectivity index (χ2n) is 1.76. The van der Waals surface area contributed by atoms with Crippen LogP contribution < -0.4 is 0 Å². The fourth-order valence-electron chi connectivity index (χ4n) is 0.759. The molecular weight excluding hydrogens is 112 g/mol. The van der Waals surface area contributed by atoms with Gasteiger partial charge in [-0.1, -0.05) is 0 Å². The minimum atomic E-state index is 1.05. The van der Waals surface area contributed by atoms with Gasteiger partial charge in [0.1, 0.15) is 0 Å². The normalized spacial score (nSPS) is 9.33. The Balaban J connectivity index is 2.95. The zero-order valence-corrected chi connectivity index (χ0v) is 4.70. The van der Waals surface area contributed by atoms with Crippen molar-refractivity contribution in [3.8, 4) is 0 Å². The van der Waals surface area contributed by atoms with Crippen LogP contribution in [0.25, 0.3) is 5.52 Å². The van der Waals surface area contributed by atoms with Crippen LogP contribution >= 0.6 is 0 Å². The first kappa shape index (κ1) is 4.39. The molecule has 0 spiro atoms. The van der Waals surface area contributed by atoms with Crippen molar-refractivity contribution in [2.75, 3.05) is 0 Å². The number of rotatable bonds is 0. The molecule has 0 unspecified atom stereocenters. The molecule has 0 atom stereocenters. The Morgan fingerprint density at radius 3 is 3.33 bits per heavy atom. The Kier molecular flexibility index (Phi) is 0.729. The maximum atomic E-state index is 3.95. The molecule has 2 nitrogen and oxygen atoms in total. The van der Waals surface area contributed by atoms with Gasteiger partial charge in [-0.15, -0.1) is 0 Å². The van der Waals surface area contributed by atoms with Gasteiger partial charge >= 0.3 is 0 Å². The molecule has 0 aromatic carbocycles. The molecule has 0 fully saturated rings. The standard InChI is InChI=1S/C7H4N2/c1-2-6-9-7(3-1)4-5-8-9/h1,3-5H. The van der Waals surface area contributed by atoms with Crippen LogP contribution in [0.5, 0.6) is 0 Å². The lowest BCUT2D eigenvalue weighted by molar-refractivity contribution is 0.966. The lowest BCUT2D eigenvalue weighted by Gasteiger charge is -1.80. The predicted molar refractivity (Wildman–Crippen MR) is 32.9 cm³/mol. The van der Waals surface area contributed by atoms with Gasteiger partial charge in [-0.05, 0) is 24.3 Å². The highest BCUT2D eigenvalue weighted by molar-refractivity contribution is 5.42. The Morgan fingerprint density at radius 1 is 1.44 bits per heavy atom. The van der Waals surface area contributed by atoms with E-state index in [-0.39, 0.29) is 0 Å². The third-order valence-electron chi connectivity index (χ3n) is 1.18.